The lowest BCUT2D eigenvalue weighted by molar-refractivity contribution is -0.155. The summed E-state index contributed by atoms with van der Waals surface area (Å²) < 4.78 is 5.85. The average Bonchev–Trinajstić information content (AvgIpc) is 3.64. The fraction of sp³-hybridized carbons (Fsp3) is 0.175. The molecule has 0 fully saturated rings. The lowest BCUT2D eigenvalue weighted by Crippen LogP contribution is -2.36. The molecule has 266 valence electrons. The first-order valence-electron chi connectivity index (χ1n) is 16.6. The number of carboxylic acid groups (broad SMARTS) is 1. The number of pyridine rings is 1. The molecule has 4 aromatic carbocycles. The Morgan fingerprint density at radius 3 is 2.46 bits per heavy atom. The van der Waals surface area contributed by atoms with Crippen molar-refractivity contribution >= 4 is 34.1 Å². The molecule has 6 aromatic rings. The molecule has 0 saturated heterocycles. The lowest BCUT2D eigenvalue weighted by Gasteiger charge is -2.25. The third kappa shape index (κ3) is 7.60. The number of amides is 1. The van der Waals surface area contributed by atoms with Gasteiger partial charge in [0.1, 0.15) is 11.5 Å². The topological polar surface area (TPSA) is 181 Å². The molecule has 6 rings (SSSR count). The van der Waals surface area contributed by atoms with Gasteiger partial charge in [-0.3, -0.25) is 9.59 Å². The SMILES string of the molecule is CCOc1cc(C(=O)NCc2ccc(-c3cccc(C(O)(C(=O)O)c4ccccc4)c3)s2)ccc1CNCC(O)c1ccc(O)c2[nH]c(=O)ccc12. The molecule has 7 N–H and O–H groups in total. The van der Waals surface area contributed by atoms with Gasteiger partial charge in [0.2, 0.25) is 11.2 Å². The van der Waals surface area contributed by atoms with Crippen LogP contribution in [-0.4, -0.2) is 50.4 Å². The number of carbonyl (C=O) groups excluding carboxylic acids is 1. The maximum absolute atomic E-state index is 13.2. The number of aromatic amines is 1. The van der Waals surface area contributed by atoms with E-state index in [0.717, 1.165) is 20.9 Å². The molecular formula is C40H37N3O8S. The van der Waals surface area contributed by atoms with Crippen LogP contribution in [0.2, 0.25) is 0 Å². The Morgan fingerprint density at radius 1 is 0.904 bits per heavy atom. The predicted molar refractivity (Wildman–Crippen MR) is 199 cm³/mol. The molecule has 0 spiro atoms. The Balaban J connectivity index is 1.09. The molecule has 0 aliphatic rings. The fourth-order valence-electron chi connectivity index (χ4n) is 6.02. The monoisotopic (exact) mass is 719 g/mol. The smallest absolute Gasteiger partial charge is 0.345 e. The van der Waals surface area contributed by atoms with Crippen LogP contribution in [0.5, 0.6) is 11.5 Å². The number of aliphatic hydroxyl groups is 2. The molecule has 0 aliphatic heterocycles. The van der Waals surface area contributed by atoms with Crippen molar-refractivity contribution in [2.75, 3.05) is 13.2 Å². The van der Waals surface area contributed by atoms with E-state index in [0.29, 0.717) is 35.4 Å². The molecule has 12 heteroatoms. The summed E-state index contributed by atoms with van der Waals surface area (Å²) in [4.78, 5) is 41.5. The summed E-state index contributed by atoms with van der Waals surface area (Å²) in [6.07, 6.45) is -0.932. The van der Waals surface area contributed by atoms with Crippen LogP contribution in [0.3, 0.4) is 0 Å². The number of carbonyl (C=O) groups is 2. The summed E-state index contributed by atoms with van der Waals surface area (Å²) in [6.45, 7) is 3.01. The zero-order valence-corrected chi connectivity index (χ0v) is 28.9. The number of H-pyrrole nitrogens is 1. The van der Waals surface area contributed by atoms with Crippen molar-refractivity contribution in [3.05, 3.63) is 152 Å². The van der Waals surface area contributed by atoms with Crippen molar-refractivity contribution in [2.45, 2.75) is 31.7 Å². The van der Waals surface area contributed by atoms with E-state index in [1.54, 1.807) is 78.9 Å². The number of thiophene rings is 1. The average molecular weight is 720 g/mol. The molecule has 2 heterocycles. The van der Waals surface area contributed by atoms with Crippen molar-refractivity contribution in [1.29, 1.82) is 0 Å². The highest BCUT2D eigenvalue weighted by Gasteiger charge is 2.40. The first-order valence-corrected chi connectivity index (χ1v) is 17.4. The van der Waals surface area contributed by atoms with Crippen LogP contribution in [0.15, 0.2) is 114 Å². The van der Waals surface area contributed by atoms with Crippen LogP contribution in [0.25, 0.3) is 21.3 Å². The largest absolute Gasteiger partial charge is 0.506 e. The van der Waals surface area contributed by atoms with Gasteiger partial charge in [0, 0.05) is 51.0 Å². The zero-order valence-electron chi connectivity index (χ0n) is 28.1. The summed E-state index contributed by atoms with van der Waals surface area (Å²) >= 11 is 1.45. The van der Waals surface area contributed by atoms with E-state index < -0.39 is 17.7 Å². The van der Waals surface area contributed by atoms with Crippen molar-refractivity contribution in [3.8, 4) is 21.9 Å². The minimum atomic E-state index is -2.22. The lowest BCUT2D eigenvalue weighted by atomic mass is 9.85. The Hall–Kier alpha value is -5.79. The van der Waals surface area contributed by atoms with E-state index >= 15 is 0 Å². The van der Waals surface area contributed by atoms with Crippen LogP contribution in [0, 0.1) is 0 Å². The van der Waals surface area contributed by atoms with Gasteiger partial charge in [0.05, 0.1) is 24.8 Å². The molecule has 11 nitrogen and oxygen atoms in total. The fourth-order valence-corrected chi connectivity index (χ4v) is 6.97. The Bertz CT molecular complexity index is 2290. The second-order valence-corrected chi connectivity index (χ2v) is 13.3. The Morgan fingerprint density at radius 2 is 1.69 bits per heavy atom. The molecule has 52 heavy (non-hydrogen) atoms. The summed E-state index contributed by atoms with van der Waals surface area (Å²) in [5.41, 5.74) is 0.664. The minimum absolute atomic E-state index is 0.0822. The van der Waals surface area contributed by atoms with Gasteiger partial charge in [0.25, 0.3) is 5.91 Å². The number of fused-ring (bicyclic) bond motifs is 1. The highest BCUT2D eigenvalue weighted by Crippen LogP contribution is 2.35. The standard InChI is InChI=1S/C40H37N3O8S/c1-2-51-34-20-25(11-12-26(34)21-41-23-33(45)30-14-16-32(44)37-31(30)15-18-36(46)43-37)38(47)42-22-29-13-17-35(52-29)24-7-6-10-28(19-24)40(50,39(48)49)27-8-4-3-5-9-27/h3-20,33,41,44-45,50H,2,21-23H2,1H3,(H,42,47)(H,43,46)(H,48,49). The van der Waals surface area contributed by atoms with Gasteiger partial charge in [-0.25, -0.2) is 4.79 Å². The van der Waals surface area contributed by atoms with Gasteiger partial charge >= 0.3 is 5.97 Å². The van der Waals surface area contributed by atoms with Gasteiger partial charge in [-0.2, -0.15) is 0 Å². The summed E-state index contributed by atoms with van der Waals surface area (Å²) in [5.74, 6) is -1.22. The molecule has 0 bridgehead atoms. The number of hydrogen-bond donors (Lipinski definition) is 7. The number of aliphatic carboxylic acids is 1. The van der Waals surface area contributed by atoms with Crippen LogP contribution in [-0.2, 0) is 23.5 Å². The molecule has 0 radical (unpaired) electrons. The summed E-state index contributed by atoms with van der Waals surface area (Å²) in [6, 6.07) is 30.0. The summed E-state index contributed by atoms with van der Waals surface area (Å²) in [7, 11) is 0. The number of aromatic nitrogens is 1. The molecule has 2 atom stereocenters. The van der Waals surface area contributed by atoms with E-state index in [9.17, 15) is 34.8 Å². The van der Waals surface area contributed by atoms with Crippen molar-refractivity contribution in [2.24, 2.45) is 0 Å². The zero-order chi connectivity index (χ0) is 36.8. The van der Waals surface area contributed by atoms with Crippen molar-refractivity contribution in [1.82, 2.24) is 15.6 Å². The predicted octanol–water partition coefficient (Wildman–Crippen LogP) is 5.43. The number of carboxylic acids is 1. The van der Waals surface area contributed by atoms with Crippen LogP contribution < -0.4 is 20.9 Å². The number of benzene rings is 4. The second-order valence-electron chi connectivity index (χ2n) is 12.1. The number of aliphatic hydroxyl groups excluding tert-OH is 1. The first-order chi connectivity index (χ1) is 25.1. The van der Waals surface area contributed by atoms with E-state index in [1.807, 2.05) is 25.1 Å². The van der Waals surface area contributed by atoms with E-state index in [1.165, 1.54) is 23.5 Å². The molecule has 2 unspecified atom stereocenters. The van der Waals surface area contributed by atoms with Crippen LogP contribution >= 0.6 is 11.3 Å². The van der Waals surface area contributed by atoms with Gasteiger partial charge in [-0.1, -0.05) is 60.7 Å². The maximum Gasteiger partial charge on any atom is 0.345 e. The molecule has 2 aromatic heterocycles. The van der Waals surface area contributed by atoms with Crippen LogP contribution in [0.1, 0.15) is 50.5 Å². The Labute approximate surface area is 302 Å². The van der Waals surface area contributed by atoms with Gasteiger partial charge in [-0.15, -0.1) is 11.3 Å². The quantitative estimate of drug-likeness (QED) is 0.0772. The van der Waals surface area contributed by atoms with Crippen LogP contribution in [0.4, 0.5) is 0 Å². The van der Waals surface area contributed by atoms with Gasteiger partial charge in [-0.05, 0) is 66.1 Å². The van der Waals surface area contributed by atoms with E-state index in [2.05, 4.69) is 15.6 Å². The third-order valence-corrected chi connectivity index (χ3v) is 9.83. The highest BCUT2D eigenvalue weighted by atomic mass is 32.1. The first kappa shape index (κ1) is 36.0. The third-order valence-electron chi connectivity index (χ3n) is 8.70. The molecular weight excluding hydrogens is 683 g/mol. The van der Waals surface area contributed by atoms with E-state index in [-0.39, 0.29) is 46.9 Å². The normalized spacial score (nSPS) is 13.0. The number of rotatable bonds is 14. The number of nitrogens with one attached hydrogen (secondary N) is 3. The maximum atomic E-state index is 13.2. The Kier molecular flexibility index (Phi) is 10.8. The van der Waals surface area contributed by atoms with Gasteiger partial charge in [0.15, 0.2) is 0 Å². The number of phenolic OH excluding ortho intramolecular Hbond substituents is 1. The van der Waals surface area contributed by atoms with Crippen molar-refractivity contribution < 1.29 is 34.8 Å². The number of ether oxygens (including phenoxy) is 1. The number of phenols is 1. The minimum Gasteiger partial charge on any atom is -0.506 e. The molecule has 1 amide bonds. The number of aromatic hydroxyl groups is 1. The molecule has 0 saturated carbocycles. The second kappa shape index (κ2) is 15.6. The molecule has 0 aliphatic carbocycles. The van der Waals surface area contributed by atoms with Crippen molar-refractivity contribution in [3.63, 3.8) is 0 Å². The van der Waals surface area contributed by atoms with Gasteiger partial charge < -0.3 is 40.8 Å². The number of hydrogen-bond acceptors (Lipinski definition) is 9. The van der Waals surface area contributed by atoms with E-state index in [4.69, 9.17) is 4.74 Å². The summed E-state index contributed by atoms with van der Waals surface area (Å²) in [5, 5.41) is 49.1. The highest BCUT2D eigenvalue weighted by molar-refractivity contribution is 7.15.